The van der Waals surface area contributed by atoms with Crippen molar-refractivity contribution in [2.45, 2.75) is 32.8 Å². The highest BCUT2D eigenvalue weighted by atomic mass is 35.5. The summed E-state index contributed by atoms with van der Waals surface area (Å²) in [6.07, 6.45) is 0. The average molecular weight is 323 g/mol. The van der Waals surface area contributed by atoms with Crippen LogP contribution in [0.5, 0.6) is 5.75 Å². The third-order valence-electron chi connectivity index (χ3n) is 2.88. The van der Waals surface area contributed by atoms with Crippen molar-refractivity contribution in [1.29, 1.82) is 0 Å². The average Bonchev–Trinajstić information content (AvgIpc) is 2.96. The molecule has 7 heteroatoms. The summed E-state index contributed by atoms with van der Waals surface area (Å²) in [6.45, 7) is 6.67. The maximum Gasteiger partial charge on any atom is 0.234 e. The van der Waals surface area contributed by atoms with E-state index in [-0.39, 0.29) is 5.41 Å². The molecular formula is C14H15ClN4OS. The lowest BCUT2D eigenvalue weighted by Crippen LogP contribution is -2.16. The Morgan fingerprint density at radius 2 is 1.90 bits per heavy atom. The number of fused-ring (bicyclic) bond motifs is 1. The Balaban J connectivity index is 1.79. The fraction of sp³-hybridized carbons (Fsp3) is 0.357. The normalized spacial score (nSPS) is 12.0. The van der Waals surface area contributed by atoms with Crippen molar-refractivity contribution in [2.75, 3.05) is 0 Å². The summed E-state index contributed by atoms with van der Waals surface area (Å²) in [7, 11) is 0. The van der Waals surface area contributed by atoms with Gasteiger partial charge in [0.05, 0.1) is 0 Å². The van der Waals surface area contributed by atoms with Crippen LogP contribution in [0.2, 0.25) is 5.02 Å². The lowest BCUT2D eigenvalue weighted by atomic mass is 9.96. The van der Waals surface area contributed by atoms with Crippen molar-refractivity contribution in [3.63, 3.8) is 0 Å². The zero-order chi connectivity index (χ0) is 15.0. The van der Waals surface area contributed by atoms with Gasteiger partial charge in [-0.25, -0.2) is 0 Å². The van der Waals surface area contributed by atoms with Gasteiger partial charge in [0.15, 0.2) is 10.8 Å². The van der Waals surface area contributed by atoms with E-state index in [0.29, 0.717) is 11.6 Å². The molecule has 1 aromatic carbocycles. The molecule has 2 aromatic heterocycles. The van der Waals surface area contributed by atoms with Gasteiger partial charge in [-0.05, 0) is 24.3 Å². The largest absolute Gasteiger partial charge is 0.486 e. The number of benzene rings is 1. The number of halogens is 1. The Labute approximate surface area is 131 Å². The van der Waals surface area contributed by atoms with Crippen LogP contribution in [0.1, 0.15) is 31.6 Å². The van der Waals surface area contributed by atoms with Gasteiger partial charge in [0.2, 0.25) is 4.96 Å². The van der Waals surface area contributed by atoms with Crippen molar-refractivity contribution in [3.05, 3.63) is 40.1 Å². The van der Waals surface area contributed by atoms with Gasteiger partial charge in [0, 0.05) is 10.4 Å². The van der Waals surface area contributed by atoms with Crippen molar-refractivity contribution >= 4 is 27.9 Å². The van der Waals surface area contributed by atoms with E-state index in [0.717, 1.165) is 21.5 Å². The Bertz CT molecular complexity index is 757. The highest BCUT2D eigenvalue weighted by molar-refractivity contribution is 7.16. The first-order chi connectivity index (χ1) is 9.93. The van der Waals surface area contributed by atoms with Crippen molar-refractivity contribution < 1.29 is 4.74 Å². The zero-order valence-electron chi connectivity index (χ0n) is 12.0. The van der Waals surface area contributed by atoms with Gasteiger partial charge in [-0.1, -0.05) is 43.7 Å². The minimum atomic E-state index is -0.0954. The molecule has 0 atom stereocenters. The summed E-state index contributed by atoms with van der Waals surface area (Å²) in [5.74, 6) is 1.62. The maximum atomic E-state index is 5.84. The minimum Gasteiger partial charge on any atom is -0.486 e. The number of rotatable bonds is 3. The summed E-state index contributed by atoms with van der Waals surface area (Å²) in [5, 5.41) is 14.5. The summed E-state index contributed by atoms with van der Waals surface area (Å²) < 4.78 is 7.50. The molecule has 0 fully saturated rings. The van der Waals surface area contributed by atoms with E-state index in [2.05, 4.69) is 36.1 Å². The van der Waals surface area contributed by atoms with Crippen LogP contribution in [0.3, 0.4) is 0 Å². The molecular weight excluding hydrogens is 308 g/mol. The molecule has 0 amide bonds. The SMILES string of the molecule is CC(C)(C)c1nnc2sc(COc3ccc(Cl)cc3)nn12. The second kappa shape index (κ2) is 5.27. The van der Waals surface area contributed by atoms with Gasteiger partial charge in [-0.15, -0.1) is 10.2 Å². The molecule has 0 radical (unpaired) electrons. The molecule has 0 aliphatic heterocycles. The first kappa shape index (κ1) is 14.3. The number of nitrogens with zero attached hydrogens (tertiary/aromatic N) is 4. The monoisotopic (exact) mass is 322 g/mol. The number of hydrogen-bond donors (Lipinski definition) is 0. The fourth-order valence-electron chi connectivity index (χ4n) is 1.86. The van der Waals surface area contributed by atoms with Crippen LogP contribution < -0.4 is 4.74 Å². The van der Waals surface area contributed by atoms with Crippen LogP contribution in [0.4, 0.5) is 0 Å². The smallest absolute Gasteiger partial charge is 0.234 e. The Morgan fingerprint density at radius 3 is 2.57 bits per heavy atom. The molecule has 0 aliphatic rings. The molecule has 0 unspecified atom stereocenters. The van der Waals surface area contributed by atoms with Gasteiger partial charge >= 0.3 is 0 Å². The standard InChI is InChI=1S/C14H15ClN4OS/c1-14(2,3)12-16-17-13-19(12)18-11(21-13)8-20-10-6-4-9(15)5-7-10/h4-7H,8H2,1-3H3. The van der Waals surface area contributed by atoms with Crippen LogP contribution in [0.15, 0.2) is 24.3 Å². The number of ether oxygens (including phenoxy) is 1. The number of hydrogen-bond acceptors (Lipinski definition) is 5. The van der Waals surface area contributed by atoms with E-state index in [1.807, 2.05) is 12.1 Å². The van der Waals surface area contributed by atoms with Crippen LogP contribution >= 0.6 is 22.9 Å². The summed E-state index contributed by atoms with van der Waals surface area (Å²) in [6, 6.07) is 7.27. The van der Waals surface area contributed by atoms with Crippen molar-refractivity contribution in [3.8, 4) is 5.75 Å². The van der Waals surface area contributed by atoms with Gasteiger partial charge < -0.3 is 4.74 Å². The van der Waals surface area contributed by atoms with Crippen molar-refractivity contribution in [2.24, 2.45) is 0 Å². The molecule has 0 N–H and O–H groups in total. The summed E-state index contributed by atoms with van der Waals surface area (Å²) >= 11 is 7.33. The first-order valence-electron chi connectivity index (χ1n) is 6.53. The molecule has 0 spiro atoms. The third kappa shape index (κ3) is 3.01. The molecule has 110 valence electrons. The van der Waals surface area contributed by atoms with E-state index in [9.17, 15) is 0 Å². The topological polar surface area (TPSA) is 52.3 Å². The van der Waals surface area contributed by atoms with E-state index in [4.69, 9.17) is 16.3 Å². The molecule has 0 saturated heterocycles. The molecule has 5 nitrogen and oxygen atoms in total. The summed E-state index contributed by atoms with van der Waals surface area (Å²) in [5.41, 5.74) is -0.0954. The molecule has 0 saturated carbocycles. The van der Waals surface area contributed by atoms with Gasteiger partial charge in [-0.2, -0.15) is 9.61 Å². The quantitative estimate of drug-likeness (QED) is 0.737. The van der Waals surface area contributed by atoms with E-state index < -0.39 is 0 Å². The van der Waals surface area contributed by atoms with Crippen LogP contribution in [0.25, 0.3) is 4.96 Å². The Kier molecular flexibility index (Phi) is 3.59. The second-order valence-corrected chi connectivity index (χ2v) is 7.18. The van der Waals surface area contributed by atoms with E-state index in [1.165, 1.54) is 11.3 Å². The molecule has 21 heavy (non-hydrogen) atoms. The molecule has 2 heterocycles. The zero-order valence-corrected chi connectivity index (χ0v) is 13.6. The molecule has 3 rings (SSSR count). The predicted molar refractivity (Wildman–Crippen MR) is 83.1 cm³/mol. The van der Waals surface area contributed by atoms with Crippen LogP contribution in [0, 0.1) is 0 Å². The fourth-order valence-corrected chi connectivity index (χ4v) is 2.73. The Hall–Kier alpha value is -1.66. The second-order valence-electron chi connectivity index (χ2n) is 5.71. The van der Waals surface area contributed by atoms with Crippen LogP contribution in [-0.4, -0.2) is 19.8 Å². The minimum absolute atomic E-state index is 0.0954. The van der Waals surface area contributed by atoms with Crippen LogP contribution in [-0.2, 0) is 12.0 Å². The number of aromatic nitrogens is 4. The predicted octanol–water partition coefficient (Wildman–Crippen LogP) is 3.72. The van der Waals surface area contributed by atoms with Gasteiger partial charge in [-0.3, -0.25) is 0 Å². The molecule has 0 aliphatic carbocycles. The van der Waals surface area contributed by atoms with E-state index in [1.54, 1.807) is 16.6 Å². The lowest BCUT2D eigenvalue weighted by molar-refractivity contribution is 0.303. The third-order valence-corrected chi connectivity index (χ3v) is 4.00. The van der Waals surface area contributed by atoms with Gasteiger partial charge in [0.25, 0.3) is 0 Å². The highest BCUT2D eigenvalue weighted by Crippen LogP contribution is 2.24. The van der Waals surface area contributed by atoms with E-state index >= 15 is 0 Å². The maximum absolute atomic E-state index is 5.84. The first-order valence-corrected chi connectivity index (χ1v) is 7.73. The molecule has 0 bridgehead atoms. The van der Waals surface area contributed by atoms with Gasteiger partial charge in [0.1, 0.15) is 12.4 Å². The Morgan fingerprint density at radius 1 is 1.19 bits per heavy atom. The summed E-state index contributed by atoms with van der Waals surface area (Å²) in [4.78, 5) is 0.787. The molecule has 3 aromatic rings. The lowest BCUT2D eigenvalue weighted by Gasteiger charge is -2.13. The van der Waals surface area contributed by atoms with Crippen molar-refractivity contribution in [1.82, 2.24) is 19.8 Å². The highest BCUT2D eigenvalue weighted by Gasteiger charge is 2.23.